The fraction of sp³-hybridized carbons (Fsp3) is 0.375. The molecule has 1 heterocycles. The molecule has 0 saturated carbocycles. The Hall–Kier alpha value is -1.26. The molecule has 0 radical (unpaired) electrons. The molecule has 13 heavy (non-hydrogen) atoms. The molecule has 0 unspecified atom stereocenters. The number of alkyl halides is 3. The predicted octanol–water partition coefficient (Wildman–Crippen LogP) is 2.54. The third-order valence-corrected chi connectivity index (χ3v) is 1.38. The number of hydrogen-bond donors (Lipinski definition) is 0. The van der Waals surface area contributed by atoms with Crippen LogP contribution in [-0.2, 0) is 6.42 Å². The summed E-state index contributed by atoms with van der Waals surface area (Å²) in [4.78, 5) is 3.84. The number of ether oxygens (including phenoxy) is 1. The number of hydrogen-bond acceptors (Lipinski definition) is 2. The maximum Gasteiger partial charge on any atom is 0.573 e. The van der Waals surface area contributed by atoms with Crippen molar-refractivity contribution < 1.29 is 17.9 Å². The number of pyridine rings is 1. The molecule has 0 atom stereocenters. The van der Waals surface area contributed by atoms with Crippen LogP contribution < -0.4 is 4.74 Å². The standard InChI is InChI=1S/C8H8F3NO/c1-2-6-5-7(3-4-12-6)13-8(9,10)11/h3-5H,2H2,1H3. The minimum atomic E-state index is -4.63. The number of aryl methyl sites for hydroxylation is 1. The van der Waals surface area contributed by atoms with Gasteiger partial charge in [-0.05, 0) is 12.5 Å². The van der Waals surface area contributed by atoms with E-state index in [0.29, 0.717) is 12.1 Å². The Bertz CT molecular complexity index is 285. The summed E-state index contributed by atoms with van der Waals surface area (Å²) < 4.78 is 38.9. The van der Waals surface area contributed by atoms with E-state index in [1.54, 1.807) is 6.92 Å². The highest BCUT2D eigenvalue weighted by molar-refractivity contribution is 5.22. The molecule has 0 N–H and O–H groups in total. The fourth-order valence-electron chi connectivity index (χ4n) is 0.847. The Morgan fingerprint density at radius 2 is 2.15 bits per heavy atom. The molecule has 1 aromatic heterocycles. The van der Waals surface area contributed by atoms with Crippen LogP contribution in [0.25, 0.3) is 0 Å². The fourth-order valence-corrected chi connectivity index (χ4v) is 0.847. The number of rotatable bonds is 2. The molecule has 0 aliphatic rings. The third-order valence-electron chi connectivity index (χ3n) is 1.38. The average molecular weight is 191 g/mol. The Balaban J connectivity index is 2.78. The number of halogens is 3. The molecule has 72 valence electrons. The maximum absolute atomic E-state index is 11.7. The smallest absolute Gasteiger partial charge is 0.406 e. The molecule has 0 saturated heterocycles. The van der Waals surface area contributed by atoms with Gasteiger partial charge in [-0.15, -0.1) is 13.2 Å². The molecule has 0 fully saturated rings. The van der Waals surface area contributed by atoms with Crippen LogP contribution in [-0.4, -0.2) is 11.3 Å². The molecule has 0 aliphatic carbocycles. The second-order valence-electron chi connectivity index (χ2n) is 2.38. The first-order valence-electron chi connectivity index (χ1n) is 3.72. The Morgan fingerprint density at radius 1 is 1.46 bits per heavy atom. The van der Waals surface area contributed by atoms with Gasteiger partial charge in [-0.25, -0.2) is 0 Å². The molecule has 0 amide bonds. The Labute approximate surface area is 73.4 Å². The molecule has 5 heteroatoms. The summed E-state index contributed by atoms with van der Waals surface area (Å²) >= 11 is 0. The molecule has 2 nitrogen and oxygen atoms in total. The summed E-state index contributed by atoms with van der Waals surface area (Å²) in [6.45, 7) is 1.81. The van der Waals surface area contributed by atoms with Gasteiger partial charge in [0.1, 0.15) is 5.75 Å². The van der Waals surface area contributed by atoms with Crippen LogP contribution in [0, 0.1) is 0 Å². The lowest BCUT2D eigenvalue weighted by molar-refractivity contribution is -0.274. The largest absolute Gasteiger partial charge is 0.573 e. The molecule has 0 aliphatic heterocycles. The lowest BCUT2D eigenvalue weighted by Gasteiger charge is -2.08. The van der Waals surface area contributed by atoms with E-state index in [4.69, 9.17) is 0 Å². The van der Waals surface area contributed by atoms with Crippen LogP contribution in [0.4, 0.5) is 13.2 Å². The van der Waals surface area contributed by atoms with Crippen LogP contribution >= 0.6 is 0 Å². The Morgan fingerprint density at radius 3 is 2.69 bits per heavy atom. The topological polar surface area (TPSA) is 22.1 Å². The predicted molar refractivity (Wildman–Crippen MR) is 40.3 cm³/mol. The zero-order chi connectivity index (χ0) is 9.90. The van der Waals surface area contributed by atoms with Crippen LogP contribution in [0.3, 0.4) is 0 Å². The molecule has 0 spiro atoms. The minimum absolute atomic E-state index is 0.223. The van der Waals surface area contributed by atoms with Crippen molar-refractivity contribution in [2.75, 3.05) is 0 Å². The zero-order valence-corrected chi connectivity index (χ0v) is 6.93. The highest BCUT2D eigenvalue weighted by atomic mass is 19.4. The van der Waals surface area contributed by atoms with Gasteiger partial charge < -0.3 is 4.74 Å². The summed E-state index contributed by atoms with van der Waals surface area (Å²) in [6.07, 6.45) is -2.76. The first-order valence-corrected chi connectivity index (χ1v) is 3.72. The van der Waals surface area contributed by atoms with Gasteiger partial charge in [-0.1, -0.05) is 6.92 Å². The van der Waals surface area contributed by atoms with Gasteiger partial charge in [0.15, 0.2) is 0 Å². The van der Waals surface area contributed by atoms with E-state index in [1.165, 1.54) is 18.3 Å². The van der Waals surface area contributed by atoms with Crippen molar-refractivity contribution in [3.8, 4) is 5.75 Å². The van der Waals surface area contributed by atoms with Crippen molar-refractivity contribution in [1.29, 1.82) is 0 Å². The van der Waals surface area contributed by atoms with Crippen molar-refractivity contribution in [3.05, 3.63) is 24.0 Å². The second kappa shape index (κ2) is 3.64. The van der Waals surface area contributed by atoms with Gasteiger partial charge in [0.2, 0.25) is 0 Å². The summed E-state index contributed by atoms with van der Waals surface area (Å²) in [5.74, 6) is -0.223. The molecule has 1 rings (SSSR count). The summed E-state index contributed by atoms with van der Waals surface area (Å²) in [6, 6.07) is 2.44. The lowest BCUT2D eigenvalue weighted by atomic mass is 10.3. The first kappa shape index (κ1) is 9.83. The summed E-state index contributed by atoms with van der Waals surface area (Å²) in [5.41, 5.74) is 0.571. The SMILES string of the molecule is CCc1cc(OC(F)(F)F)ccn1. The number of nitrogens with zero attached hydrogens (tertiary/aromatic N) is 1. The van der Waals surface area contributed by atoms with Gasteiger partial charge in [-0.3, -0.25) is 4.98 Å². The van der Waals surface area contributed by atoms with Crippen LogP contribution in [0.5, 0.6) is 5.75 Å². The van der Waals surface area contributed by atoms with Gasteiger partial charge in [-0.2, -0.15) is 0 Å². The second-order valence-corrected chi connectivity index (χ2v) is 2.38. The van der Waals surface area contributed by atoms with E-state index in [9.17, 15) is 13.2 Å². The maximum atomic E-state index is 11.7. The number of aromatic nitrogens is 1. The quantitative estimate of drug-likeness (QED) is 0.716. The molecular formula is C8H8F3NO. The first-order chi connectivity index (χ1) is 6.01. The van der Waals surface area contributed by atoms with Crippen LogP contribution in [0.15, 0.2) is 18.3 Å². The zero-order valence-electron chi connectivity index (χ0n) is 6.93. The monoisotopic (exact) mass is 191 g/mol. The van der Waals surface area contributed by atoms with E-state index < -0.39 is 6.36 Å². The van der Waals surface area contributed by atoms with Crippen molar-refractivity contribution in [1.82, 2.24) is 4.98 Å². The van der Waals surface area contributed by atoms with E-state index in [-0.39, 0.29) is 5.75 Å². The summed E-state index contributed by atoms with van der Waals surface area (Å²) in [7, 11) is 0. The third kappa shape index (κ3) is 3.31. The normalized spacial score (nSPS) is 11.4. The molecule has 0 bridgehead atoms. The van der Waals surface area contributed by atoms with E-state index >= 15 is 0 Å². The van der Waals surface area contributed by atoms with Crippen LogP contribution in [0.2, 0.25) is 0 Å². The Kier molecular flexibility index (Phi) is 2.75. The lowest BCUT2D eigenvalue weighted by Crippen LogP contribution is -2.17. The van der Waals surface area contributed by atoms with Gasteiger partial charge in [0.05, 0.1) is 0 Å². The summed E-state index contributed by atoms with van der Waals surface area (Å²) in [5, 5.41) is 0. The van der Waals surface area contributed by atoms with Gasteiger partial charge in [0, 0.05) is 18.0 Å². The van der Waals surface area contributed by atoms with Crippen molar-refractivity contribution >= 4 is 0 Å². The van der Waals surface area contributed by atoms with Gasteiger partial charge in [0.25, 0.3) is 0 Å². The minimum Gasteiger partial charge on any atom is -0.406 e. The van der Waals surface area contributed by atoms with E-state index in [1.807, 2.05) is 0 Å². The molecule has 1 aromatic rings. The van der Waals surface area contributed by atoms with Crippen molar-refractivity contribution in [2.45, 2.75) is 19.7 Å². The highest BCUT2D eigenvalue weighted by Crippen LogP contribution is 2.22. The highest BCUT2D eigenvalue weighted by Gasteiger charge is 2.31. The van der Waals surface area contributed by atoms with E-state index in [0.717, 1.165) is 0 Å². The molecule has 0 aromatic carbocycles. The van der Waals surface area contributed by atoms with Gasteiger partial charge >= 0.3 is 6.36 Å². The van der Waals surface area contributed by atoms with Crippen molar-refractivity contribution in [3.63, 3.8) is 0 Å². The molecular weight excluding hydrogens is 183 g/mol. The van der Waals surface area contributed by atoms with Crippen molar-refractivity contribution in [2.24, 2.45) is 0 Å². The van der Waals surface area contributed by atoms with Crippen LogP contribution in [0.1, 0.15) is 12.6 Å². The average Bonchev–Trinajstić information content (AvgIpc) is 2.01. The van der Waals surface area contributed by atoms with E-state index in [2.05, 4.69) is 9.72 Å².